The fourth-order valence-electron chi connectivity index (χ4n) is 1.62. The van der Waals surface area contributed by atoms with E-state index in [0.29, 0.717) is 18.3 Å². The highest BCUT2D eigenvalue weighted by Gasteiger charge is 2.28. The van der Waals surface area contributed by atoms with Crippen molar-refractivity contribution in [2.24, 2.45) is 0 Å². The highest BCUT2D eigenvalue weighted by molar-refractivity contribution is 7.99. The summed E-state index contributed by atoms with van der Waals surface area (Å²) in [6.07, 6.45) is -1.12. The van der Waals surface area contributed by atoms with Crippen LogP contribution in [0.1, 0.15) is 13.8 Å². The lowest BCUT2D eigenvalue weighted by Gasteiger charge is -2.31. The van der Waals surface area contributed by atoms with E-state index in [9.17, 15) is 14.7 Å². The molecule has 0 bridgehead atoms. The van der Waals surface area contributed by atoms with E-state index in [-0.39, 0.29) is 0 Å². The lowest BCUT2D eigenvalue weighted by molar-refractivity contribution is -0.141. The molecule has 1 rings (SSSR count). The van der Waals surface area contributed by atoms with Crippen LogP contribution in [-0.4, -0.2) is 63.4 Å². The summed E-state index contributed by atoms with van der Waals surface area (Å²) in [6.45, 7) is 4.57. The van der Waals surface area contributed by atoms with Crippen LogP contribution in [0.3, 0.4) is 0 Å². The third kappa shape index (κ3) is 4.08. The first kappa shape index (κ1) is 14.1. The first-order valence-electron chi connectivity index (χ1n) is 5.49. The van der Waals surface area contributed by atoms with Gasteiger partial charge in [-0.2, -0.15) is 11.8 Å². The van der Waals surface area contributed by atoms with Gasteiger partial charge in [0.2, 0.25) is 0 Å². The van der Waals surface area contributed by atoms with Gasteiger partial charge < -0.3 is 20.4 Å². The van der Waals surface area contributed by atoms with Crippen molar-refractivity contribution >= 4 is 23.8 Å². The molecule has 2 amide bonds. The van der Waals surface area contributed by atoms with Gasteiger partial charge in [-0.1, -0.05) is 6.92 Å². The van der Waals surface area contributed by atoms with E-state index in [4.69, 9.17) is 5.11 Å². The predicted octanol–water partition coefficient (Wildman–Crippen LogP) is -0.0327. The van der Waals surface area contributed by atoms with Gasteiger partial charge in [0.25, 0.3) is 0 Å². The van der Waals surface area contributed by atoms with Gasteiger partial charge in [-0.05, 0) is 6.92 Å². The highest BCUT2D eigenvalue weighted by Crippen LogP contribution is 2.17. The standard InChI is InChI=1S/C10H18N2O4S/c1-6-5-12(3-4-17-6)10(16)11-8(7(2)13)9(14)15/h6-8,13H,3-5H2,1-2H3,(H,11,16)(H,14,15). The zero-order valence-electron chi connectivity index (χ0n) is 9.92. The molecular formula is C10H18N2O4S. The van der Waals surface area contributed by atoms with Gasteiger partial charge in [-0.15, -0.1) is 0 Å². The Balaban J connectivity index is 2.54. The average molecular weight is 262 g/mol. The summed E-state index contributed by atoms with van der Waals surface area (Å²) in [5.41, 5.74) is 0. The van der Waals surface area contributed by atoms with Crippen molar-refractivity contribution in [2.75, 3.05) is 18.8 Å². The molecule has 0 saturated carbocycles. The molecule has 0 aromatic heterocycles. The maximum absolute atomic E-state index is 11.8. The van der Waals surface area contributed by atoms with E-state index >= 15 is 0 Å². The van der Waals surface area contributed by atoms with Gasteiger partial charge >= 0.3 is 12.0 Å². The molecule has 3 N–H and O–H groups in total. The minimum Gasteiger partial charge on any atom is -0.480 e. The molecular weight excluding hydrogens is 244 g/mol. The van der Waals surface area contributed by atoms with Gasteiger partial charge in [0.15, 0.2) is 6.04 Å². The molecule has 3 atom stereocenters. The van der Waals surface area contributed by atoms with Crippen LogP contribution in [0.2, 0.25) is 0 Å². The lowest BCUT2D eigenvalue weighted by atomic mass is 10.2. The SMILES string of the molecule is CC1CN(C(=O)NC(C(=O)O)C(C)O)CCS1. The molecule has 7 heteroatoms. The Morgan fingerprint density at radius 2 is 2.18 bits per heavy atom. The fourth-order valence-corrected chi connectivity index (χ4v) is 2.63. The molecule has 3 unspecified atom stereocenters. The number of carboxylic acids is 1. The quantitative estimate of drug-likeness (QED) is 0.664. The number of nitrogens with zero attached hydrogens (tertiary/aromatic N) is 1. The van der Waals surface area contributed by atoms with Crippen molar-refractivity contribution in [1.29, 1.82) is 0 Å². The van der Waals surface area contributed by atoms with Crippen LogP contribution in [0.15, 0.2) is 0 Å². The normalized spacial score (nSPS) is 23.9. The first-order valence-corrected chi connectivity index (χ1v) is 6.54. The molecule has 0 aromatic carbocycles. The minimum atomic E-state index is -1.26. The molecule has 1 saturated heterocycles. The summed E-state index contributed by atoms with van der Waals surface area (Å²) in [7, 11) is 0. The molecule has 6 nitrogen and oxygen atoms in total. The molecule has 98 valence electrons. The molecule has 1 fully saturated rings. The number of carbonyl (C=O) groups is 2. The first-order chi connectivity index (χ1) is 7.91. The van der Waals surface area contributed by atoms with E-state index < -0.39 is 24.1 Å². The predicted molar refractivity (Wildman–Crippen MR) is 65.1 cm³/mol. The van der Waals surface area contributed by atoms with Crippen molar-refractivity contribution in [3.8, 4) is 0 Å². The zero-order chi connectivity index (χ0) is 13.0. The second-order valence-electron chi connectivity index (χ2n) is 4.13. The van der Waals surface area contributed by atoms with Gasteiger partial charge in [-0.25, -0.2) is 9.59 Å². The summed E-state index contributed by atoms with van der Waals surface area (Å²) in [6, 6.07) is -1.68. The number of aliphatic hydroxyl groups is 1. The van der Waals surface area contributed by atoms with Crippen LogP contribution in [-0.2, 0) is 4.79 Å². The third-order valence-electron chi connectivity index (χ3n) is 2.56. The molecule has 17 heavy (non-hydrogen) atoms. The Morgan fingerprint density at radius 1 is 1.53 bits per heavy atom. The lowest BCUT2D eigenvalue weighted by Crippen LogP contribution is -2.54. The fraction of sp³-hybridized carbons (Fsp3) is 0.800. The number of nitrogens with one attached hydrogen (secondary N) is 1. The van der Waals surface area contributed by atoms with Crippen LogP contribution in [0.25, 0.3) is 0 Å². The molecule has 0 radical (unpaired) electrons. The van der Waals surface area contributed by atoms with Crippen LogP contribution >= 0.6 is 11.8 Å². The monoisotopic (exact) mass is 262 g/mol. The number of rotatable bonds is 3. The van der Waals surface area contributed by atoms with Crippen molar-refractivity contribution in [3.63, 3.8) is 0 Å². The highest BCUT2D eigenvalue weighted by atomic mass is 32.2. The van der Waals surface area contributed by atoms with Gasteiger partial charge in [0.1, 0.15) is 0 Å². The Morgan fingerprint density at radius 3 is 2.65 bits per heavy atom. The van der Waals surface area contributed by atoms with Crippen LogP contribution in [0.5, 0.6) is 0 Å². The van der Waals surface area contributed by atoms with E-state index in [1.54, 1.807) is 16.7 Å². The maximum atomic E-state index is 11.8. The third-order valence-corrected chi connectivity index (χ3v) is 3.69. The molecule has 1 aliphatic heterocycles. The van der Waals surface area contributed by atoms with E-state index in [1.165, 1.54) is 6.92 Å². The number of amides is 2. The Hall–Kier alpha value is -0.950. The molecule has 0 aliphatic carbocycles. The number of aliphatic carboxylic acids is 1. The van der Waals surface area contributed by atoms with Crippen molar-refractivity contribution in [3.05, 3.63) is 0 Å². The van der Waals surface area contributed by atoms with Crippen molar-refractivity contribution < 1.29 is 19.8 Å². The largest absolute Gasteiger partial charge is 0.480 e. The number of carbonyl (C=O) groups excluding carboxylic acids is 1. The second kappa shape index (κ2) is 6.11. The topological polar surface area (TPSA) is 89.9 Å². The molecule has 0 spiro atoms. The summed E-state index contributed by atoms with van der Waals surface area (Å²) >= 11 is 1.78. The molecule has 0 aromatic rings. The minimum absolute atomic E-state index is 0.351. The van der Waals surface area contributed by atoms with Crippen molar-refractivity contribution in [1.82, 2.24) is 10.2 Å². The van der Waals surface area contributed by atoms with Gasteiger partial charge in [0, 0.05) is 24.1 Å². The average Bonchev–Trinajstić information content (AvgIpc) is 2.24. The number of urea groups is 1. The number of thioether (sulfide) groups is 1. The van der Waals surface area contributed by atoms with E-state index in [2.05, 4.69) is 5.32 Å². The van der Waals surface area contributed by atoms with Crippen LogP contribution in [0, 0.1) is 0 Å². The van der Waals surface area contributed by atoms with Gasteiger partial charge in [-0.3, -0.25) is 0 Å². The maximum Gasteiger partial charge on any atom is 0.328 e. The van der Waals surface area contributed by atoms with Crippen molar-refractivity contribution in [2.45, 2.75) is 31.2 Å². The zero-order valence-corrected chi connectivity index (χ0v) is 10.7. The molecule has 1 heterocycles. The Labute approximate surface area is 104 Å². The summed E-state index contributed by atoms with van der Waals surface area (Å²) in [5.74, 6) is -0.381. The number of carboxylic acid groups (broad SMARTS) is 1. The number of hydrogen-bond acceptors (Lipinski definition) is 4. The smallest absolute Gasteiger partial charge is 0.328 e. The summed E-state index contributed by atoms with van der Waals surface area (Å²) < 4.78 is 0. The number of aliphatic hydroxyl groups excluding tert-OH is 1. The summed E-state index contributed by atoms with van der Waals surface area (Å²) in [4.78, 5) is 24.2. The summed E-state index contributed by atoms with van der Waals surface area (Å²) in [5, 5.41) is 20.8. The van der Waals surface area contributed by atoms with E-state index in [1.807, 2.05) is 6.92 Å². The molecule has 1 aliphatic rings. The second-order valence-corrected chi connectivity index (χ2v) is 5.68. The number of hydrogen-bond donors (Lipinski definition) is 3. The Kier molecular flexibility index (Phi) is 5.07. The van der Waals surface area contributed by atoms with Gasteiger partial charge in [0.05, 0.1) is 6.10 Å². The van der Waals surface area contributed by atoms with E-state index in [0.717, 1.165) is 5.75 Å². The Bertz CT molecular complexity index is 298. The van der Waals surface area contributed by atoms with Crippen LogP contribution in [0.4, 0.5) is 4.79 Å². The van der Waals surface area contributed by atoms with Crippen LogP contribution < -0.4 is 5.32 Å².